The van der Waals surface area contributed by atoms with Crippen LogP contribution >= 0.6 is 11.6 Å². The second-order valence-corrected chi connectivity index (χ2v) is 6.96. The Kier molecular flexibility index (Phi) is 4.36. The Hall–Kier alpha value is -1.78. The number of nitrogens with one attached hydrogen (secondary N) is 3. The maximum absolute atomic E-state index is 13.1. The van der Waals surface area contributed by atoms with Crippen LogP contribution in [0.4, 0.5) is 14.5 Å². The molecule has 0 bridgehead atoms. The SMILES string of the molecule is COCc1cc(Cl)ccc1N1C=C2C(=O)NC(N3CC(F)(F)C3)NC2N1. The Morgan fingerprint density at radius 2 is 2.15 bits per heavy atom. The molecule has 2 saturated heterocycles. The van der Waals surface area contributed by atoms with Gasteiger partial charge in [0.25, 0.3) is 11.8 Å². The minimum atomic E-state index is -2.70. The van der Waals surface area contributed by atoms with Gasteiger partial charge in [0, 0.05) is 23.9 Å². The topological polar surface area (TPSA) is 68.9 Å². The first-order valence-corrected chi connectivity index (χ1v) is 8.47. The van der Waals surface area contributed by atoms with Crippen molar-refractivity contribution in [2.75, 3.05) is 25.2 Å². The third-order valence-electron chi connectivity index (χ3n) is 4.54. The maximum atomic E-state index is 13.1. The summed E-state index contributed by atoms with van der Waals surface area (Å²) in [5.74, 6) is -3.00. The van der Waals surface area contributed by atoms with Gasteiger partial charge in [0.1, 0.15) is 12.5 Å². The number of halogens is 3. The quantitative estimate of drug-likeness (QED) is 0.718. The van der Waals surface area contributed by atoms with Crippen molar-refractivity contribution in [1.29, 1.82) is 0 Å². The molecule has 0 saturated carbocycles. The van der Waals surface area contributed by atoms with E-state index < -0.39 is 18.4 Å². The molecule has 26 heavy (non-hydrogen) atoms. The lowest BCUT2D eigenvalue weighted by Crippen LogP contribution is -2.73. The van der Waals surface area contributed by atoms with Gasteiger partial charge in [-0.05, 0) is 18.2 Å². The van der Waals surface area contributed by atoms with Crippen LogP contribution in [0.5, 0.6) is 0 Å². The van der Waals surface area contributed by atoms with Crippen molar-refractivity contribution in [1.82, 2.24) is 21.0 Å². The minimum absolute atomic E-state index is 0.300. The molecule has 2 atom stereocenters. The molecule has 0 aromatic heterocycles. The smallest absolute Gasteiger partial charge is 0.273 e. The number of fused-ring (bicyclic) bond motifs is 1. The number of hydrogen-bond donors (Lipinski definition) is 3. The molecular formula is C16H18ClF2N5O2. The van der Waals surface area contributed by atoms with E-state index in [1.54, 1.807) is 30.5 Å². The van der Waals surface area contributed by atoms with E-state index in [0.717, 1.165) is 11.3 Å². The average molecular weight is 386 g/mol. The van der Waals surface area contributed by atoms with Crippen LogP contribution < -0.4 is 21.1 Å². The molecule has 2 fully saturated rings. The molecule has 3 aliphatic heterocycles. The van der Waals surface area contributed by atoms with Crippen LogP contribution in [-0.4, -0.2) is 49.4 Å². The van der Waals surface area contributed by atoms with Gasteiger partial charge < -0.3 is 10.1 Å². The van der Waals surface area contributed by atoms with Crippen molar-refractivity contribution in [3.63, 3.8) is 0 Å². The zero-order chi connectivity index (χ0) is 18.5. The van der Waals surface area contributed by atoms with E-state index in [0.29, 0.717) is 17.2 Å². The van der Waals surface area contributed by atoms with Crippen molar-refractivity contribution in [3.05, 3.63) is 40.6 Å². The fourth-order valence-corrected chi connectivity index (χ4v) is 3.50. The molecule has 0 radical (unpaired) electrons. The summed E-state index contributed by atoms with van der Waals surface area (Å²) in [4.78, 5) is 13.9. The highest BCUT2D eigenvalue weighted by atomic mass is 35.5. The van der Waals surface area contributed by atoms with Gasteiger partial charge in [0.15, 0.2) is 0 Å². The van der Waals surface area contributed by atoms with Crippen molar-refractivity contribution in [2.45, 2.75) is 25.0 Å². The van der Waals surface area contributed by atoms with Crippen LogP contribution in [0.2, 0.25) is 5.02 Å². The average Bonchev–Trinajstić information content (AvgIpc) is 2.97. The number of ether oxygens (including phenoxy) is 1. The fourth-order valence-electron chi connectivity index (χ4n) is 3.31. The number of alkyl halides is 2. The second kappa shape index (κ2) is 6.43. The number of carbonyl (C=O) groups excluding carboxylic acids is 1. The molecule has 3 N–H and O–H groups in total. The number of hydrazine groups is 1. The number of nitrogens with zero attached hydrogens (tertiary/aromatic N) is 2. The zero-order valence-electron chi connectivity index (χ0n) is 13.9. The third-order valence-corrected chi connectivity index (χ3v) is 4.77. The van der Waals surface area contributed by atoms with Crippen LogP contribution in [0.25, 0.3) is 0 Å². The molecule has 1 amide bonds. The van der Waals surface area contributed by atoms with Crippen LogP contribution in [0, 0.1) is 0 Å². The first-order chi connectivity index (χ1) is 12.4. The van der Waals surface area contributed by atoms with E-state index >= 15 is 0 Å². The maximum Gasteiger partial charge on any atom is 0.273 e. The Bertz CT molecular complexity index is 767. The Morgan fingerprint density at radius 3 is 2.85 bits per heavy atom. The summed E-state index contributed by atoms with van der Waals surface area (Å²) in [6.45, 7) is -0.405. The van der Waals surface area contributed by atoms with Crippen molar-refractivity contribution in [3.8, 4) is 0 Å². The molecule has 4 rings (SSSR count). The summed E-state index contributed by atoms with van der Waals surface area (Å²) in [5, 5.41) is 8.14. The second-order valence-electron chi connectivity index (χ2n) is 6.53. The predicted molar refractivity (Wildman–Crippen MR) is 91.2 cm³/mol. The molecule has 0 spiro atoms. The number of rotatable bonds is 4. The lowest BCUT2D eigenvalue weighted by molar-refractivity contribution is -0.162. The highest BCUT2D eigenvalue weighted by Crippen LogP contribution is 2.31. The first-order valence-electron chi connectivity index (χ1n) is 8.09. The van der Waals surface area contributed by atoms with E-state index in [1.165, 1.54) is 4.90 Å². The summed E-state index contributed by atoms with van der Waals surface area (Å²) in [6.07, 6.45) is 0.561. The van der Waals surface area contributed by atoms with Crippen molar-refractivity contribution in [2.24, 2.45) is 0 Å². The van der Waals surface area contributed by atoms with E-state index in [-0.39, 0.29) is 19.0 Å². The van der Waals surface area contributed by atoms with Gasteiger partial charge >= 0.3 is 0 Å². The lowest BCUT2D eigenvalue weighted by atomic mass is 10.1. The molecule has 7 nitrogen and oxygen atoms in total. The molecule has 3 aliphatic rings. The van der Waals surface area contributed by atoms with Crippen LogP contribution in [-0.2, 0) is 16.1 Å². The molecule has 1 aromatic carbocycles. The molecular weight excluding hydrogens is 368 g/mol. The summed E-state index contributed by atoms with van der Waals surface area (Å²) < 4.78 is 31.4. The summed E-state index contributed by atoms with van der Waals surface area (Å²) in [5.41, 5.74) is 5.29. The number of benzene rings is 1. The van der Waals surface area contributed by atoms with E-state index in [1.807, 2.05) is 6.07 Å². The number of methoxy groups -OCH3 is 1. The van der Waals surface area contributed by atoms with Gasteiger partial charge in [0.05, 0.1) is 31.0 Å². The van der Waals surface area contributed by atoms with Crippen LogP contribution in [0.1, 0.15) is 5.56 Å². The highest BCUT2D eigenvalue weighted by molar-refractivity contribution is 6.30. The number of hydrogen-bond acceptors (Lipinski definition) is 6. The Labute approximate surface area is 153 Å². The largest absolute Gasteiger partial charge is 0.380 e. The van der Waals surface area contributed by atoms with Gasteiger partial charge in [-0.3, -0.25) is 20.0 Å². The predicted octanol–water partition coefficient (Wildman–Crippen LogP) is 0.975. The number of likely N-dealkylation sites (tertiary alicyclic amines) is 1. The molecule has 3 heterocycles. The van der Waals surface area contributed by atoms with Crippen molar-refractivity contribution < 1.29 is 18.3 Å². The molecule has 10 heteroatoms. The summed E-state index contributed by atoms with van der Waals surface area (Å²) in [7, 11) is 1.59. The summed E-state index contributed by atoms with van der Waals surface area (Å²) in [6, 6.07) is 5.36. The monoisotopic (exact) mass is 385 g/mol. The van der Waals surface area contributed by atoms with Crippen LogP contribution in [0.15, 0.2) is 30.0 Å². The molecule has 2 unspecified atom stereocenters. The number of anilines is 1. The first kappa shape index (κ1) is 17.6. The highest BCUT2D eigenvalue weighted by Gasteiger charge is 2.49. The molecule has 1 aromatic rings. The van der Waals surface area contributed by atoms with E-state index in [2.05, 4.69) is 16.1 Å². The van der Waals surface area contributed by atoms with E-state index in [9.17, 15) is 13.6 Å². The van der Waals surface area contributed by atoms with Gasteiger partial charge in [-0.2, -0.15) is 0 Å². The van der Waals surface area contributed by atoms with E-state index in [4.69, 9.17) is 16.3 Å². The Morgan fingerprint density at radius 1 is 1.38 bits per heavy atom. The van der Waals surface area contributed by atoms with Gasteiger partial charge in [-0.15, -0.1) is 0 Å². The normalized spacial score (nSPS) is 27.6. The summed E-state index contributed by atoms with van der Waals surface area (Å²) >= 11 is 6.05. The molecule has 0 aliphatic carbocycles. The third kappa shape index (κ3) is 3.17. The Balaban J connectivity index is 1.52. The number of amides is 1. The zero-order valence-corrected chi connectivity index (χ0v) is 14.7. The molecule has 140 valence electrons. The minimum Gasteiger partial charge on any atom is -0.380 e. The van der Waals surface area contributed by atoms with Crippen LogP contribution in [0.3, 0.4) is 0 Å². The standard InChI is InChI=1S/C16H18ClF2N5O2/c1-26-6-9-4-10(17)2-3-12(9)24-5-11-13(22-24)20-15(21-14(11)25)23-7-16(18,19)8-23/h2-5,13,15,20,22H,6-8H2,1H3,(H,21,25). The lowest BCUT2D eigenvalue weighted by Gasteiger charge is -2.46. The fraction of sp³-hybridized carbons (Fsp3) is 0.438. The number of carbonyl (C=O) groups is 1. The van der Waals surface area contributed by atoms with Gasteiger partial charge in [-0.1, -0.05) is 11.6 Å². The van der Waals surface area contributed by atoms with Gasteiger partial charge in [0.2, 0.25) is 0 Å². The van der Waals surface area contributed by atoms with Gasteiger partial charge in [-0.25, -0.2) is 14.2 Å². The van der Waals surface area contributed by atoms with Crippen molar-refractivity contribution >= 4 is 23.2 Å².